The molecule has 1 atom stereocenters. The Hall–Kier alpha value is -2.23. The third kappa shape index (κ3) is 2.86. The van der Waals surface area contributed by atoms with E-state index in [1.165, 1.54) is 17.2 Å². The lowest BCUT2D eigenvalue weighted by molar-refractivity contribution is 0.0942. The Morgan fingerprint density at radius 2 is 1.82 bits per heavy atom. The van der Waals surface area contributed by atoms with Crippen LogP contribution in [0.15, 0.2) is 42.5 Å². The molecule has 1 aliphatic carbocycles. The summed E-state index contributed by atoms with van der Waals surface area (Å²) in [5.41, 5.74) is 2.01. The summed E-state index contributed by atoms with van der Waals surface area (Å²) in [6, 6.07) is 11.6. The van der Waals surface area contributed by atoms with Gasteiger partial charge in [-0.2, -0.15) is 0 Å². The molecular formula is C18H17F2NO. The van der Waals surface area contributed by atoms with Crippen LogP contribution in [0.4, 0.5) is 8.78 Å². The molecule has 0 aromatic heterocycles. The lowest BCUT2D eigenvalue weighted by atomic mass is 9.83. The average molecular weight is 301 g/mol. The van der Waals surface area contributed by atoms with Crippen molar-refractivity contribution in [3.8, 4) is 0 Å². The van der Waals surface area contributed by atoms with Gasteiger partial charge in [-0.25, -0.2) is 8.78 Å². The molecule has 1 aliphatic rings. The molecule has 1 N–H and O–H groups in total. The number of hydrogen-bond acceptors (Lipinski definition) is 1. The number of nitrogens with one attached hydrogen (secondary N) is 1. The number of amides is 1. The first-order valence-electron chi connectivity index (χ1n) is 7.47. The van der Waals surface area contributed by atoms with Crippen LogP contribution >= 0.6 is 0 Å². The van der Waals surface area contributed by atoms with Crippen LogP contribution in [0.25, 0.3) is 0 Å². The van der Waals surface area contributed by atoms with Gasteiger partial charge in [-0.1, -0.05) is 30.3 Å². The largest absolute Gasteiger partial charge is 0.351 e. The maximum Gasteiger partial charge on any atom is 0.257 e. The monoisotopic (exact) mass is 301 g/mol. The van der Waals surface area contributed by atoms with Crippen LogP contribution in [-0.2, 0) is 6.42 Å². The summed E-state index contributed by atoms with van der Waals surface area (Å²) < 4.78 is 27.2. The van der Waals surface area contributed by atoms with E-state index in [2.05, 4.69) is 17.4 Å². The van der Waals surface area contributed by atoms with Gasteiger partial charge in [-0.3, -0.25) is 4.79 Å². The van der Waals surface area contributed by atoms with E-state index in [4.69, 9.17) is 0 Å². The first-order valence-corrected chi connectivity index (χ1v) is 7.47. The van der Waals surface area contributed by atoms with Gasteiger partial charge in [0.25, 0.3) is 5.91 Å². The first-order chi connectivity index (χ1) is 10.7. The fraction of sp³-hybridized carbons (Fsp3) is 0.278. The summed E-state index contributed by atoms with van der Waals surface area (Å²) >= 11 is 0. The normalized spacial score (nSPS) is 16.9. The number of halogens is 2. The van der Waals surface area contributed by atoms with Crippen LogP contribution in [0.1, 0.15) is 40.2 Å². The number of hydrogen-bond donors (Lipinski definition) is 1. The van der Waals surface area contributed by atoms with Gasteiger partial charge in [0.15, 0.2) is 0 Å². The Kier molecular flexibility index (Phi) is 4.18. The van der Waals surface area contributed by atoms with Gasteiger partial charge < -0.3 is 5.32 Å². The molecular weight excluding hydrogens is 284 g/mol. The Bertz CT molecular complexity index is 679. The number of aryl methyl sites for hydroxylation is 1. The predicted molar refractivity (Wildman–Crippen MR) is 80.8 cm³/mol. The maximum atomic E-state index is 13.6. The van der Waals surface area contributed by atoms with Crippen molar-refractivity contribution >= 4 is 5.91 Å². The zero-order valence-electron chi connectivity index (χ0n) is 12.1. The third-order valence-electron chi connectivity index (χ3n) is 4.19. The summed E-state index contributed by atoms with van der Waals surface area (Å²) in [4.78, 5) is 12.0. The highest BCUT2D eigenvalue weighted by atomic mass is 19.1. The second-order valence-corrected chi connectivity index (χ2v) is 5.59. The number of carbonyl (C=O) groups is 1. The van der Waals surface area contributed by atoms with Crippen molar-refractivity contribution in [2.45, 2.75) is 25.2 Å². The van der Waals surface area contributed by atoms with Crippen molar-refractivity contribution in [3.63, 3.8) is 0 Å². The van der Waals surface area contributed by atoms with E-state index >= 15 is 0 Å². The molecule has 0 radical (unpaired) electrons. The first kappa shape index (κ1) is 14.7. The molecule has 114 valence electrons. The summed E-state index contributed by atoms with van der Waals surface area (Å²) in [5.74, 6) is -2.16. The third-order valence-corrected chi connectivity index (χ3v) is 4.19. The summed E-state index contributed by atoms with van der Waals surface area (Å²) in [6.45, 7) is 0.392. The van der Waals surface area contributed by atoms with Crippen LogP contribution in [0.2, 0.25) is 0 Å². The highest BCUT2D eigenvalue weighted by molar-refractivity contribution is 5.94. The molecule has 0 aliphatic heterocycles. The molecule has 0 fully saturated rings. The van der Waals surface area contributed by atoms with Gasteiger partial charge >= 0.3 is 0 Å². The quantitative estimate of drug-likeness (QED) is 0.917. The van der Waals surface area contributed by atoms with Gasteiger partial charge in [0, 0.05) is 12.5 Å². The Morgan fingerprint density at radius 1 is 1.09 bits per heavy atom. The van der Waals surface area contributed by atoms with Crippen LogP contribution < -0.4 is 5.32 Å². The van der Waals surface area contributed by atoms with E-state index < -0.39 is 23.1 Å². The minimum absolute atomic E-state index is 0.198. The number of benzene rings is 2. The van der Waals surface area contributed by atoms with Crippen molar-refractivity contribution < 1.29 is 13.6 Å². The molecule has 0 saturated heterocycles. The average Bonchev–Trinajstić information content (AvgIpc) is 2.52. The SMILES string of the molecule is O=C(NCC1CCCc2ccccc21)c1c(F)cccc1F. The topological polar surface area (TPSA) is 29.1 Å². The molecule has 0 heterocycles. The van der Waals surface area contributed by atoms with Crippen molar-refractivity contribution in [3.05, 3.63) is 70.8 Å². The number of rotatable bonds is 3. The Morgan fingerprint density at radius 3 is 2.59 bits per heavy atom. The fourth-order valence-corrected chi connectivity index (χ4v) is 3.09. The summed E-state index contributed by atoms with van der Waals surface area (Å²) in [5, 5.41) is 2.67. The minimum atomic E-state index is -0.832. The Balaban J connectivity index is 1.72. The fourth-order valence-electron chi connectivity index (χ4n) is 3.09. The molecule has 0 spiro atoms. The minimum Gasteiger partial charge on any atom is -0.351 e. The molecule has 3 rings (SSSR count). The molecule has 1 amide bonds. The second-order valence-electron chi connectivity index (χ2n) is 5.59. The molecule has 2 aromatic rings. The zero-order chi connectivity index (χ0) is 15.5. The van der Waals surface area contributed by atoms with Crippen molar-refractivity contribution in [1.29, 1.82) is 0 Å². The van der Waals surface area contributed by atoms with Crippen molar-refractivity contribution in [2.24, 2.45) is 0 Å². The number of fused-ring (bicyclic) bond motifs is 1. The summed E-state index contributed by atoms with van der Waals surface area (Å²) in [7, 11) is 0. The molecule has 1 unspecified atom stereocenters. The summed E-state index contributed by atoms with van der Waals surface area (Å²) in [6.07, 6.45) is 3.07. The van der Waals surface area contributed by atoms with Crippen LogP contribution in [0, 0.1) is 11.6 Å². The van der Waals surface area contributed by atoms with Gasteiger partial charge in [0.2, 0.25) is 0 Å². The van der Waals surface area contributed by atoms with E-state index in [0.29, 0.717) is 6.54 Å². The van der Waals surface area contributed by atoms with Crippen LogP contribution in [0.5, 0.6) is 0 Å². The molecule has 0 saturated carbocycles. The van der Waals surface area contributed by atoms with Crippen molar-refractivity contribution in [1.82, 2.24) is 5.32 Å². The molecule has 0 bridgehead atoms. The maximum absolute atomic E-state index is 13.6. The van der Waals surface area contributed by atoms with Gasteiger partial charge in [-0.05, 0) is 42.5 Å². The smallest absolute Gasteiger partial charge is 0.257 e. The second kappa shape index (κ2) is 6.26. The number of carbonyl (C=O) groups excluding carboxylic acids is 1. The lowest BCUT2D eigenvalue weighted by Gasteiger charge is -2.25. The van der Waals surface area contributed by atoms with E-state index in [9.17, 15) is 13.6 Å². The van der Waals surface area contributed by atoms with E-state index in [-0.39, 0.29) is 5.92 Å². The van der Waals surface area contributed by atoms with Gasteiger partial charge in [0.1, 0.15) is 17.2 Å². The predicted octanol–water partition coefficient (Wildman–Crippen LogP) is 3.81. The standard InChI is InChI=1S/C18H17F2NO/c19-15-9-4-10-16(20)17(15)18(22)21-11-13-7-3-6-12-5-1-2-8-14(12)13/h1-2,4-5,8-10,13H,3,6-7,11H2,(H,21,22). The van der Waals surface area contributed by atoms with E-state index in [1.807, 2.05) is 12.1 Å². The van der Waals surface area contributed by atoms with Crippen LogP contribution in [-0.4, -0.2) is 12.5 Å². The molecule has 22 heavy (non-hydrogen) atoms. The van der Waals surface area contributed by atoms with E-state index in [1.54, 1.807) is 0 Å². The van der Waals surface area contributed by atoms with Crippen molar-refractivity contribution in [2.75, 3.05) is 6.54 Å². The van der Waals surface area contributed by atoms with Crippen LogP contribution in [0.3, 0.4) is 0 Å². The van der Waals surface area contributed by atoms with Gasteiger partial charge in [-0.15, -0.1) is 0 Å². The molecule has 2 aromatic carbocycles. The lowest BCUT2D eigenvalue weighted by Crippen LogP contribution is -2.31. The Labute approximate surface area is 128 Å². The molecule has 4 heteroatoms. The van der Waals surface area contributed by atoms with Gasteiger partial charge in [0.05, 0.1) is 0 Å². The van der Waals surface area contributed by atoms with E-state index in [0.717, 1.165) is 31.4 Å². The highest BCUT2D eigenvalue weighted by Gasteiger charge is 2.22. The highest BCUT2D eigenvalue weighted by Crippen LogP contribution is 2.30. The zero-order valence-corrected chi connectivity index (χ0v) is 12.1. The molecule has 2 nitrogen and oxygen atoms in total.